The SMILES string of the molecule is CCOC(=O)C(c1ccc(OC)cc1)C(C)(C)C. The topological polar surface area (TPSA) is 35.5 Å². The highest BCUT2D eigenvalue weighted by Gasteiger charge is 2.33. The summed E-state index contributed by atoms with van der Waals surface area (Å²) >= 11 is 0. The first-order valence-corrected chi connectivity index (χ1v) is 6.20. The van der Waals surface area contributed by atoms with Gasteiger partial charge in [0, 0.05) is 0 Å². The second-order valence-corrected chi connectivity index (χ2v) is 5.32. The summed E-state index contributed by atoms with van der Waals surface area (Å²) in [5.74, 6) is 0.355. The fourth-order valence-corrected chi connectivity index (χ4v) is 2.01. The van der Waals surface area contributed by atoms with Crippen LogP contribution in [-0.4, -0.2) is 19.7 Å². The second-order valence-electron chi connectivity index (χ2n) is 5.32. The molecule has 0 spiro atoms. The smallest absolute Gasteiger partial charge is 0.313 e. The molecule has 100 valence electrons. The number of hydrogen-bond donors (Lipinski definition) is 0. The van der Waals surface area contributed by atoms with E-state index < -0.39 is 0 Å². The summed E-state index contributed by atoms with van der Waals surface area (Å²) in [5.41, 5.74) is 0.780. The Morgan fingerprint density at radius 1 is 1.22 bits per heavy atom. The fraction of sp³-hybridized carbons (Fsp3) is 0.533. The fourth-order valence-electron chi connectivity index (χ4n) is 2.01. The van der Waals surface area contributed by atoms with Crippen molar-refractivity contribution in [2.45, 2.75) is 33.6 Å². The summed E-state index contributed by atoms with van der Waals surface area (Å²) in [6.45, 7) is 8.35. The zero-order valence-electron chi connectivity index (χ0n) is 11.8. The Hall–Kier alpha value is -1.51. The van der Waals surface area contributed by atoms with Gasteiger partial charge in [-0.15, -0.1) is 0 Å². The van der Waals surface area contributed by atoms with E-state index in [2.05, 4.69) is 0 Å². The second kappa shape index (κ2) is 5.89. The Balaban J connectivity index is 3.05. The molecule has 0 fully saturated rings. The summed E-state index contributed by atoms with van der Waals surface area (Å²) < 4.78 is 10.3. The lowest BCUT2D eigenvalue weighted by Gasteiger charge is -2.29. The maximum absolute atomic E-state index is 12.1. The zero-order chi connectivity index (χ0) is 13.8. The van der Waals surface area contributed by atoms with Gasteiger partial charge in [0.2, 0.25) is 0 Å². The molecule has 0 aliphatic heterocycles. The molecule has 0 aliphatic carbocycles. The van der Waals surface area contributed by atoms with Crippen LogP contribution in [0.25, 0.3) is 0 Å². The van der Waals surface area contributed by atoms with Gasteiger partial charge in [-0.25, -0.2) is 0 Å². The molecule has 0 amide bonds. The van der Waals surface area contributed by atoms with Crippen LogP contribution in [-0.2, 0) is 9.53 Å². The van der Waals surface area contributed by atoms with E-state index in [1.54, 1.807) is 7.11 Å². The average Bonchev–Trinajstić information content (AvgIpc) is 2.28. The van der Waals surface area contributed by atoms with Gasteiger partial charge in [-0.05, 0) is 30.0 Å². The molecule has 3 nitrogen and oxygen atoms in total. The number of hydrogen-bond acceptors (Lipinski definition) is 3. The molecule has 1 aromatic carbocycles. The van der Waals surface area contributed by atoms with Gasteiger partial charge in [0.05, 0.1) is 19.6 Å². The Morgan fingerprint density at radius 3 is 2.17 bits per heavy atom. The minimum Gasteiger partial charge on any atom is -0.497 e. The Bertz CT molecular complexity index is 387. The number of esters is 1. The third kappa shape index (κ3) is 3.49. The number of benzene rings is 1. The maximum Gasteiger partial charge on any atom is 0.313 e. The van der Waals surface area contributed by atoms with Crippen molar-refractivity contribution in [1.29, 1.82) is 0 Å². The third-order valence-electron chi connectivity index (χ3n) is 2.84. The van der Waals surface area contributed by atoms with Crippen LogP contribution >= 0.6 is 0 Å². The third-order valence-corrected chi connectivity index (χ3v) is 2.84. The molecular formula is C15H22O3. The highest BCUT2D eigenvalue weighted by atomic mass is 16.5. The van der Waals surface area contributed by atoms with Crippen LogP contribution in [0.15, 0.2) is 24.3 Å². The van der Waals surface area contributed by atoms with Gasteiger partial charge in [0.15, 0.2) is 0 Å². The largest absolute Gasteiger partial charge is 0.497 e. The van der Waals surface area contributed by atoms with Crippen LogP contribution in [0.1, 0.15) is 39.2 Å². The van der Waals surface area contributed by atoms with E-state index in [1.165, 1.54) is 0 Å². The van der Waals surface area contributed by atoms with Gasteiger partial charge in [0.25, 0.3) is 0 Å². The molecule has 0 heterocycles. The number of carbonyl (C=O) groups excluding carboxylic acids is 1. The summed E-state index contributed by atoms with van der Waals surface area (Å²) in [4.78, 5) is 12.1. The van der Waals surface area contributed by atoms with E-state index in [1.807, 2.05) is 52.0 Å². The van der Waals surface area contributed by atoms with Crippen molar-refractivity contribution in [2.24, 2.45) is 5.41 Å². The van der Waals surface area contributed by atoms with E-state index in [0.29, 0.717) is 6.61 Å². The highest BCUT2D eigenvalue weighted by molar-refractivity contribution is 5.79. The van der Waals surface area contributed by atoms with Crippen molar-refractivity contribution in [1.82, 2.24) is 0 Å². The minimum atomic E-state index is -0.261. The molecule has 1 atom stereocenters. The van der Waals surface area contributed by atoms with E-state index in [4.69, 9.17) is 9.47 Å². The van der Waals surface area contributed by atoms with Crippen molar-refractivity contribution >= 4 is 5.97 Å². The molecule has 3 heteroatoms. The van der Waals surface area contributed by atoms with Gasteiger partial charge >= 0.3 is 5.97 Å². The lowest BCUT2D eigenvalue weighted by molar-refractivity contribution is -0.147. The Kier molecular flexibility index (Phi) is 4.76. The molecule has 0 bridgehead atoms. The van der Waals surface area contributed by atoms with E-state index in [-0.39, 0.29) is 17.3 Å². The molecule has 0 saturated heterocycles. The Labute approximate surface area is 109 Å². The van der Waals surface area contributed by atoms with Gasteiger partial charge in [-0.3, -0.25) is 4.79 Å². The summed E-state index contributed by atoms with van der Waals surface area (Å²) in [7, 11) is 1.63. The van der Waals surface area contributed by atoms with Crippen molar-refractivity contribution in [3.63, 3.8) is 0 Å². The molecule has 0 radical (unpaired) electrons. The molecular weight excluding hydrogens is 228 g/mol. The molecule has 18 heavy (non-hydrogen) atoms. The summed E-state index contributed by atoms with van der Waals surface area (Å²) in [6, 6.07) is 7.58. The lowest BCUT2D eigenvalue weighted by atomic mass is 9.76. The summed E-state index contributed by atoms with van der Waals surface area (Å²) in [6.07, 6.45) is 0. The van der Waals surface area contributed by atoms with Crippen LogP contribution in [0.5, 0.6) is 5.75 Å². The number of ether oxygens (including phenoxy) is 2. The normalized spacial score (nSPS) is 12.9. The molecule has 0 N–H and O–H groups in total. The highest BCUT2D eigenvalue weighted by Crippen LogP contribution is 2.36. The summed E-state index contributed by atoms with van der Waals surface area (Å²) in [5, 5.41) is 0. The first-order valence-electron chi connectivity index (χ1n) is 6.20. The monoisotopic (exact) mass is 250 g/mol. The van der Waals surface area contributed by atoms with Gasteiger partial charge in [0.1, 0.15) is 5.75 Å². The molecule has 1 rings (SSSR count). The van der Waals surface area contributed by atoms with Gasteiger partial charge in [-0.2, -0.15) is 0 Å². The minimum absolute atomic E-state index is 0.171. The molecule has 1 aromatic rings. The number of rotatable bonds is 4. The van der Waals surface area contributed by atoms with Crippen LogP contribution in [0.2, 0.25) is 0 Å². The van der Waals surface area contributed by atoms with E-state index >= 15 is 0 Å². The van der Waals surface area contributed by atoms with Crippen molar-refractivity contribution in [2.75, 3.05) is 13.7 Å². The van der Waals surface area contributed by atoms with Crippen LogP contribution < -0.4 is 4.74 Å². The molecule has 0 aromatic heterocycles. The average molecular weight is 250 g/mol. The Morgan fingerprint density at radius 2 is 1.78 bits per heavy atom. The van der Waals surface area contributed by atoms with Crippen LogP contribution in [0.4, 0.5) is 0 Å². The first kappa shape index (κ1) is 14.6. The predicted molar refractivity (Wildman–Crippen MR) is 71.8 cm³/mol. The number of carbonyl (C=O) groups is 1. The molecule has 1 unspecified atom stereocenters. The van der Waals surface area contributed by atoms with Crippen LogP contribution in [0, 0.1) is 5.41 Å². The quantitative estimate of drug-likeness (QED) is 0.768. The van der Waals surface area contributed by atoms with Crippen molar-refractivity contribution in [3.05, 3.63) is 29.8 Å². The van der Waals surface area contributed by atoms with Crippen molar-refractivity contribution in [3.8, 4) is 5.75 Å². The predicted octanol–water partition coefficient (Wildman–Crippen LogP) is 3.39. The molecule has 0 saturated carbocycles. The van der Waals surface area contributed by atoms with E-state index in [9.17, 15) is 4.79 Å². The number of methoxy groups -OCH3 is 1. The van der Waals surface area contributed by atoms with Gasteiger partial charge < -0.3 is 9.47 Å². The zero-order valence-corrected chi connectivity index (χ0v) is 11.8. The standard InChI is InChI=1S/C15H22O3/c1-6-18-14(16)13(15(2,3)4)11-7-9-12(17-5)10-8-11/h7-10,13H,6H2,1-5H3. The van der Waals surface area contributed by atoms with Gasteiger partial charge in [-0.1, -0.05) is 32.9 Å². The van der Waals surface area contributed by atoms with E-state index in [0.717, 1.165) is 11.3 Å². The molecule has 0 aliphatic rings. The van der Waals surface area contributed by atoms with Crippen molar-refractivity contribution < 1.29 is 14.3 Å². The van der Waals surface area contributed by atoms with Crippen LogP contribution in [0.3, 0.4) is 0 Å². The maximum atomic E-state index is 12.1. The lowest BCUT2D eigenvalue weighted by Crippen LogP contribution is -2.28. The first-order chi connectivity index (χ1) is 8.40.